The summed E-state index contributed by atoms with van der Waals surface area (Å²) >= 11 is 0. The standard InChI is InChI=1S/C26H21N5O/c1-2-11-27-21(5-1)22-9-6-17(15-29-22)16-30-23-14-24(31-26-20(23)10-13-32-26)19-4-3-12-28-25(19)18-7-8-18/h1-6,9-15,18H,7-8,16H2,(H,30,31). The molecule has 5 aromatic heterocycles. The molecule has 1 aliphatic rings. The van der Waals surface area contributed by atoms with E-state index >= 15 is 0 Å². The Morgan fingerprint density at radius 1 is 0.875 bits per heavy atom. The van der Waals surface area contributed by atoms with Gasteiger partial charge in [-0.3, -0.25) is 15.0 Å². The summed E-state index contributed by atoms with van der Waals surface area (Å²) in [5.74, 6) is 0.542. The number of nitrogens with one attached hydrogen (secondary N) is 1. The Labute approximate surface area is 185 Å². The number of hydrogen-bond acceptors (Lipinski definition) is 6. The van der Waals surface area contributed by atoms with Crippen molar-refractivity contribution < 1.29 is 4.42 Å². The molecule has 1 aliphatic carbocycles. The average Bonchev–Trinajstić information content (AvgIpc) is 3.60. The molecule has 0 spiro atoms. The van der Waals surface area contributed by atoms with Gasteiger partial charge in [0.2, 0.25) is 5.71 Å². The fraction of sp³-hybridized carbons (Fsp3) is 0.154. The minimum absolute atomic E-state index is 0.542. The van der Waals surface area contributed by atoms with E-state index in [1.54, 1.807) is 12.5 Å². The van der Waals surface area contributed by atoms with Crippen molar-refractivity contribution in [3.05, 3.63) is 90.7 Å². The molecule has 0 radical (unpaired) electrons. The van der Waals surface area contributed by atoms with Crippen molar-refractivity contribution in [3.8, 4) is 22.6 Å². The highest BCUT2D eigenvalue weighted by Gasteiger charge is 2.28. The molecule has 156 valence electrons. The Morgan fingerprint density at radius 3 is 2.59 bits per heavy atom. The molecule has 0 saturated heterocycles. The second-order valence-corrected chi connectivity index (χ2v) is 8.03. The summed E-state index contributed by atoms with van der Waals surface area (Å²) in [5, 5.41) is 4.51. The SMILES string of the molecule is c1ccc(-c2ccc(CNc3cc(-c4cccnc4C4CC4)nc4occc34)cn2)nc1. The van der Waals surface area contributed by atoms with E-state index in [-0.39, 0.29) is 0 Å². The van der Waals surface area contributed by atoms with Crippen LogP contribution in [0.3, 0.4) is 0 Å². The van der Waals surface area contributed by atoms with Crippen LogP contribution in [-0.2, 0) is 6.54 Å². The maximum absolute atomic E-state index is 5.66. The largest absolute Gasteiger partial charge is 0.446 e. The van der Waals surface area contributed by atoms with E-state index < -0.39 is 0 Å². The van der Waals surface area contributed by atoms with E-state index in [2.05, 4.69) is 38.5 Å². The number of rotatable bonds is 6. The summed E-state index contributed by atoms with van der Waals surface area (Å²) in [6.07, 6.45) is 9.60. The molecule has 5 aromatic rings. The Bertz CT molecular complexity index is 1370. The van der Waals surface area contributed by atoms with Crippen LogP contribution in [0.2, 0.25) is 0 Å². The van der Waals surface area contributed by atoms with Crippen LogP contribution >= 0.6 is 0 Å². The first-order chi connectivity index (χ1) is 15.8. The number of fused-ring (bicyclic) bond motifs is 1. The van der Waals surface area contributed by atoms with Gasteiger partial charge in [-0.25, -0.2) is 4.98 Å². The lowest BCUT2D eigenvalue weighted by atomic mass is 10.1. The van der Waals surface area contributed by atoms with Gasteiger partial charge in [-0.05, 0) is 60.9 Å². The molecule has 5 heterocycles. The summed E-state index contributed by atoms with van der Waals surface area (Å²) < 4.78 is 5.66. The van der Waals surface area contributed by atoms with Gasteiger partial charge in [-0.1, -0.05) is 12.1 Å². The van der Waals surface area contributed by atoms with Crippen molar-refractivity contribution in [2.75, 3.05) is 5.32 Å². The number of pyridine rings is 4. The number of furan rings is 1. The van der Waals surface area contributed by atoms with Gasteiger partial charge >= 0.3 is 0 Å². The third kappa shape index (κ3) is 3.60. The minimum Gasteiger partial charge on any atom is -0.446 e. The van der Waals surface area contributed by atoms with Gasteiger partial charge in [-0.15, -0.1) is 0 Å². The van der Waals surface area contributed by atoms with Crippen LogP contribution < -0.4 is 5.32 Å². The fourth-order valence-electron chi connectivity index (χ4n) is 3.94. The van der Waals surface area contributed by atoms with E-state index in [4.69, 9.17) is 9.40 Å². The number of anilines is 1. The smallest absolute Gasteiger partial charge is 0.228 e. The molecule has 1 N–H and O–H groups in total. The summed E-state index contributed by atoms with van der Waals surface area (Å²) in [5.41, 5.74) is 7.52. The fourth-order valence-corrected chi connectivity index (χ4v) is 3.94. The third-order valence-electron chi connectivity index (χ3n) is 5.75. The predicted octanol–water partition coefficient (Wildman–Crippen LogP) is 5.84. The Morgan fingerprint density at radius 2 is 1.78 bits per heavy atom. The summed E-state index contributed by atoms with van der Waals surface area (Å²) in [4.78, 5) is 18.3. The Hall–Kier alpha value is -4.06. The van der Waals surface area contributed by atoms with Gasteiger partial charge < -0.3 is 9.73 Å². The normalized spacial score (nSPS) is 13.4. The molecule has 0 atom stereocenters. The van der Waals surface area contributed by atoms with Crippen molar-refractivity contribution in [2.45, 2.75) is 25.3 Å². The van der Waals surface area contributed by atoms with Gasteiger partial charge in [0.05, 0.1) is 34.4 Å². The van der Waals surface area contributed by atoms with Gasteiger partial charge in [0.25, 0.3) is 0 Å². The quantitative estimate of drug-likeness (QED) is 0.373. The molecule has 1 fully saturated rings. The molecular weight excluding hydrogens is 398 g/mol. The lowest BCUT2D eigenvalue weighted by molar-refractivity contribution is 0.603. The van der Waals surface area contributed by atoms with Crippen molar-refractivity contribution in [1.29, 1.82) is 0 Å². The Balaban J connectivity index is 1.29. The van der Waals surface area contributed by atoms with Crippen LogP contribution in [0.1, 0.15) is 30.0 Å². The maximum atomic E-state index is 5.66. The third-order valence-corrected chi connectivity index (χ3v) is 5.75. The van der Waals surface area contributed by atoms with Crippen molar-refractivity contribution in [3.63, 3.8) is 0 Å². The molecule has 32 heavy (non-hydrogen) atoms. The zero-order valence-corrected chi connectivity index (χ0v) is 17.4. The lowest BCUT2D eigenvalue weighted by Gasteiger charge is -2.12. The molecule has 6 heteroatoms. The zero-order valence-electron chi connectivity index (χ0n) is 17.4. The predicted molar refractivity (Wildman–Crippen MR) is 124 cm³/mol. The molecule has 1 saturated carbocycles. The zero-order chi connectivity index (χ0) is 21.3. The molecule has 0 aromatic carbocycles. The molecule has 0 amide bonds. The second-order valence-electron chi connectivity index (χ2n) is 8.03. The van der Waals surface area contributed by atoms with E-state index in [1.165, 1.54) is 12.8 Å². The number of nitrogens with zero attached hydrogens (tertiary/aromatic N) is 4. The van der Waals surface area contributed by atoms with Gasteiger partial charge in [-0.2, -0.15) is 0 Å². The average molecular weight is 419 g/mol. The monoisotopic (exact) mass is 419 g/mol. The van der Waals surface area contributed by atoms with Gasteiger partial charge in [0.15, 0.2) is 0 Å². The van der Waals surface area contributed by atoms with Crippen LogP contribution in [0.15, 0.2) is 83.9 Å². The summed E-state index contributed by atoms with van der Waals surface area (Å²) in [6.45, 7) is 0.641. The van der Waals surface area contributed by atoms with E-state index in [1.807, 2.05) is 48.8 Å². The van der Waals surface area contributed by atoms with Gasteiger partial charge in [0, 0.05) is 42.3 Å². The van der Waals surface area contributed by atoms with Gasteiger partial charge in [0.1, 0.15) is 0 Å². The highest BCUT2D eigenvalue weighted by atomic mass is 16.3. The first-order valence-corrected chi connectivity index (χ1v) is 10.8. The molecule has 6 nitrogen and oxygen atoms in total. The molecule has 0 bridgehead atoms. The van der Waals surface area contributed by atoms with Crippen molar-refractivity contribution >= 4 is 16.8 Å². The van der Waals surface area contributed by atoms with E-state index in [0.717, 1.165) is 45.0 Å². The highest BCUT2D eigenvalue weighted by Crippen LogP contribution is 2.43. The first-order valence-electron chi connectivity index (χ1n) is 10.8. The highest BCUT2D eigenvalue weighted by molar-refractivity contribution is 5.91. The molecule has 0 unspecified atom stereocenters. The summed E-state index contributed by atoms with van der Waals surface area (Å²) in [6, 6.07) is 18.0. The van der Waals surface area contributed by atoms with E-state index in [9.17, 15) is 0 Å². The van der Waals surface area contributed by atoms with Crippen LogP contribution in [0.5, 0.6) is 0 Å². The molecule has 0 aliphatic heterocycles. The van der Waals surface area contributed by atoms with Crippen molar-refractivity contribution in [2.24, 2.45) is 0 Å². The van der Waals surface area contributed by atoms with Crippen LogP contribution in [-0.4, -0.2) is 19.9 Å². The number of hydrogen-bond donors (Lipinski definition) is 1. The molecule has 6 rings (SSSR count). The summed E-state index contributed by atoms with van der Waals surface area (Å²) in [7, 11) is 0. The van der Waals surface area contributed by atoms with E-state index in [0.29, 0.717) is 18.2 Å². The minimum atomic E-state index is 0.542. The van der Waals surface area contributed by atoms with Crippen molar-refractivity contribution in [1.82, 2.24) is 19.9 Å². The molecular formula is C26H21N5O. The lowest BCUT2D eigenvalue weighted by Crippen LogP contribution is -2.02. The number of aromatic nitrogens is 4. The maximum Gasteiger partial charge on any atom is 0.228 e. The van der Waals surface area contributed by atoms with Crippen LogP contribution in [0.4, 0.5) is 5.69 Å². The topological polar surface area (TPSA) is 76.7 Å². The Kier molecular flexibility index (Phi) is 4.61. The first kappa shape index (κ1) is 18.7. The van der Waals surface area contributed by atoms with Crippen LogP contribution in [0, 0.1) is 0 Å². The second kappa shape index (κ2) is 7.89. The van der Waals surface area contributed by atoms with Crippen LogP contribution in [0.25, 0.3) is 33.7 Å².